The fourth-order valence-corrected chi connectivity index (χ4v) is 4.00. The van der Waals surface area contributed by atoms with E-state index in [0.29, 0.717) is 10.6 Å². The molecule has 12 heteroatoms. The smallest absolute Gasteiger partial charge is 0.358 e. The van der Waals surface area contributed by atoms with Crippen molar-refractivity contribution >= 4 is 50.8 Å². The number of anilines is 1. The van der Waals surface area contributed by atoms with Crippen molar-refractivity contribution < 1.29 is 14.6 Å². The van der Waals surface area contributed by atoms with E-state index >= 15 is 0 Å². The zero-order chi connectivity index (χ0) is 22.5. The van der Waals surface area contributed by atoms with Crippen LogP contribution in [0.3, 0.4) is 0 Å². The number of aryl methyl sites for hydroxylation is 2. The van der Waals surface area contributed by atoms with Gasteiger partial charge < -0.3 is 15.4 Å². The van der Waals surface area contributed by atoms with Gasteiger partial charge in [0.25, 0.3) is 5.69 Å². The van der Waals surface area contributed by atoms with Crippen molar-refractivity contribution in [3.05, 3.63) is 78.9 Å². The predicted octanol–water partition coefficient (Wildman–Crippen LogP) is 4.95. The molecule has 0 spiro atoms. The summed E-state index contributed by atoms with van der Waals surface area (Å²) in [5.74, 6) is -0.738. The number of amides is 1. The number of nitro benzene ring substituents is 1. The lowest BCUT2D eigenvalue weighted by atomic mass is 10.2. The third kappa shape index (κ3) is 6.12. The Morgan fingerprint density at radius 2 is 1.84 bits per heavy atom. The molecule has 0 aliphatic heterocycles. The van der Waals surface area contributed by atoms with E-state index in [0.717, 1.165) is 10.5 Å². The molecule has 0 radical (unpaired) electrons. The first-order valence-electron chi connectivity index (χ1n) is 8.92. The Morgan fingerprint density at radius 1 is 1.13 bits per heavy atom. The third-order valence-electron chi connectivity index (χ3n) is 4.08. The van der Waals surface area contributed by atoms with Gasteiger partial charge in [-0.2, -0.15) is 4.68 Å². The summed E-state index contributed by atoms with van der Waals surface area (Å²) >= 11 is 4.39. The first-order chi connectivity index (χ1) is 14.7. The van der Waals surface area contributed by atoms with E-state index < -0.39 is 15.8 Å². The van der Waals surface area contributed by atoms with Gasteiger partial charge in [-0.05, 0) is 46.0 Å². The number of halogens is 1. The minimum atomic E-state index is -0.628. The van der Waals surface area contributed by atoms with Crippen LogP contribution in [0.5, 0.6) is 0 Å². The first kappa shape index (κ1) is 22.4. The predicted molar refractivity (Wildman–Crippen MR) is 118 cm³/mol. The number of hydrogen-bond acceptors (Lipinski definition) is 7. The lowest BCUT2D eigenvalue weighted by Gasteiger charge is -2.08. The van der Waals surface area contributed by atoms with Crippen LogP contribution in [0.4, 0.5) is 17.2 Å². The molecule has 0 aliphatic carbocycles. The van der Waals surface area contributed by atoms with Gasteiger partial charge in [-0.1, -0.05) is 29.5 Å². The van der Waals surface area contributed by atoms with Crippen LogP contribution in [0.25, 0.3) is 0 Å². The average molecular weight is 506 g/mol. The number of non-ortho nitro benzene ring substituents is 1. The van der Waals surface area contributed by atoms with E-state index in [1.165, 1.54) is 34.8 Å². The molecule has 0 unspecified atom stereocenters. The van der Waals surface area contributed by atoms with Crippen molar-refractivity contribution in [1.82, 2.24) is 9.78 Å². The molecule has 0 aliphatic rings. The molecule has 3 rings (SSSR count). The SMILES string of the molecule is Cc1ccc(Sc2cc(NC(=O)CCn3cc(Br)c([N+](=O)[O-])n3)cc([N+](=O)[O-])c2)cc1. The third-order valence-corrected chi connectivity index (χ3v) is 5.62. The Kier molecular flexibility index (Phi) is 7.02. The zero-order valence-corrected chi connectivity index (χ0v) is 18.6. The van der Waals surface area contributed by atoms with Crippen LogP contribution < -0.4 is 5.32 Å². The Morgan fingerprint density at radius 3 is 2.45 bits per heavy atom. The van der Waals surface area contributed by atoms with Crippen molar-refractivity contribution in [2.45, 2.75) is 29.7 Å². The number of carbonyl (C=O) groups excluding carboxylic acids is 1. The summed E-state index contributed by atoms with van der Waals surface area (Å²) in [6, 6.07) is 12.1. The van der Waals surface area contributed by atoms with Crippen molar-refractivity contribution in [3.8, 4) is 0 Å². The topological polar surface area (TPSA) is 133 Å². The second-order valence-corrected chi connectivity index (χ2v) is 8.51. The Balaban J connectivity index is 1.70. The molecule has 0 saturated carbocycles. The summed E-state index contributed by atoms with van der Waals surface area (Å²) in [5, 5.41) is 28.6. The van der Waals surface area contributed by atoms with Gasteiger partial charge in [-0.3, -0.25) is 14.9 Å². The lowest BCUT2D eigenvalue weighted by Crippen LogP contribution is -2.15. The van der Waals surface area contributed by atoms with Crippen molar-refractivity contribution in [3.63, 3.8) is 0 Å². The molecular formula is C19H16BrN5O5S. The van der Waals surface area contributed by atoms with E-state index in [4.69, 9.17) is 0 Å². The van der Waals surface area contributed by atoms with E-state index in [-0.39, 0.29) is 28.9 Å². The van der Waals surface area contributed by atoms with E-state index in [2.05, 4.69) is 26.3 Å². The Bertz CT molecular complexity index is 1150. The van der Waals surface area contributed by atoms with Gasteiger partial charge in [-0.25, -0.2) is 0 Å². The van der Waals surface area contributed by atoms with Gasteiger partial charge in [-0.15, -0.1) is 0 Å². The second kappa shape index (κ2) is 9.71. The maximum absolute atomic E-state index is 12.3. The highest BCUT2D eigenvalue weighted by molar-refractivity contribution is 9.10. The van der Waals surface area contributed by atoms with Gasteiger partial charge in [0.2, 0.25) is 5.91 Å². The van der Waals surface area contributed by atoms with Crippen LogP contribution >= 0.6 is 27.7 Å². The van der Waals surface area contributed by atoms with Gasteiger partial charge in [0, 0.05) is 34.0 Å². The van der Waals surface area contributed by atoms with Crippen molar-refractivity contribution in [2.24, 2.45) is 0 Å². The largest absolute Gasteiger partial charge is 0.404 e. The highest BCUT2D eigenvalue weighted by Gasteiger charge is 2.19. The van der Waals surface area contributed by atoms with Crippen molar-refractivity contribution in [2.75, 3.05) is 5.32 Å². The number of hydrogen-bond donors (Lipinski definition) is 1. The summed E-state index contributed by atoms with van der Waals surface area (Å²) in [4.78, 5) is 34.8. The molecule has 2 aromatic carbocycles. The molecule has 1 aromatic heterocycles. The monoisotopic (exact) mass is 505 g/mol. The number of nitrogens with one attached hydrogen (secondary N) is 1. The molecule has 0 bridgehead atoms. The molecule has 0 fully saturated rings. The summed E-state index contributed by atoms with van der Waals surface area (Å²) in [6.07, 6.45) is 1.39. The summed E-state index contributed by atoms with van der Waals surface area (Å²) < 4.78 is 1.50. The number of aromatic nitrogens is 2. The van der Waals surface area contributed by atoms with Crippen LogP contribution in [-0.2, 0) is 11.3 Å². The number of nitrogens with zero attached hydrogens (tertiary/aromatic N) is 4. The number of nitro groups is 2. The fourth-order valence-electron chi connectivity index (χ4n) is 2.63. The van der Waals surface area contributed by atoms with Crippen molar-refractivity contribution in [1.29, 1.82) is 0 Å². The number of carbonyl (C=O) groups is 1. The Labute approximate surface area is 189 Å². The Hall–Kier alpha value is -3.25. The van der Waals surface area contributed by atoms with E-state index in [1.54, 1.807) is 6.07 Å². The van der Waals surface area contributed by atoms with Crippen LogP contribution in [0.1, 0.15) is 12.0 Å². The van der Waals surface area contributed by atoms with Crippen LogP contribution in [0.2, 0.25) is 0 Å². The van der Waals surface area contributed by atoms with E-state index in [9.17, 15) is 25.0 Å². The van der Waals surface area contributed by atoms with Gasteiger partial charge >= 0.3 is 5.82 Å². The molecule has 1 amide bonds. The van der Waals surface area contributed by atoms with Gasteiger partial charge in [0.15, 0.2) is 0 Å². The molecule has 160 valence electrons. The van der Waals surface area contributed by atoms with Crippen LogP contribution in [0, 0.1) is 27.2 Å². The maximum Gasteiger partial charge on any atom is 0.404 e. The second-order valence-electron chi connectivity index (χ2n) is 6.51. The molecule has 10 nitrogen and oxygen atoms in total. The molecule has 1 heterocycles. The highest BCUT2D eigenvalue weighted by Crippen LogP contribution is 2.33. The van der Waals surface area contributed by atoms with Crippen LogP contribution in [0.15, 0.2) is 62.9 Å². The molecular weight excluding hydrogens is 490 g/mol. The van der Waals surface area contributed by atoms with Gasteiger partial charge in [0.1, 0.15) is 4.47 Å². The zero-order valence-electron chi connectivity index (χ0n) is 16.1. The quantitative estimate of drug-likeness (QED) is 0.338. The minimum Gasteiger partial charge on any atom is -0.358 e. The normalized spacial score (nSPS) is 10.6. The number of benzene rings is 2. The molecule has 3 aromatic rings. The summed E-state index contributed by atoms with van der Waals surface area (Å²) in [7, 11) is 0. The van der Waals surface area contributed by atoms with Gasteiger partial charge in [0.05, 0.1) is 22.8 Å². The highest BCUT2D eigenvalue weighted by atomic mass is 79.9. The molecule has 0 atom stereocenters. The minimum absolute atomic E-state index is 0.0194. The summed E-state index contributed by atoms with van der Waals surface area (Å²) in [5.41, 5.74) is 1.26. The standard InChI is InChI=1S/C19H16BrN5O5S/c1-12-2-4-15(5-3-12)31-16-9-13(8-14(10-16)24(27)28)21-18(26)6-7-23-11-17(20)19(22-23)25(29)30/h2-5,8-11H,6-7H2,1H3,(H,21,26). The first-order valence-corrected chi connectivity index (χ1v) is 10.5. The van der Waals surface area contributed by atoms with E-state index in [1.807, 2.05) is 31.2 Å². The summed E-state index contributed by atoms with van der Waals surface area (Å²) in [6.45, 7) is 2.08. The number of rotatable bonds is 8. The van der Waals surface area contributed by atoms with Crippen LogP contribution in [-0.4, -0.2) is 25.5 Å². The maximum atomic E-state index is 12.3. The average Bonchev–Trinajstić information content (AvgIpc) is 3.09. The molecule has 0 saturated heterocycles. The fraction of sp³-hybridized carbons (Fsp3) is 0.158. The lowest BCUT2D eigenvalue weighted by molar-refractivity contribution is -0.390. The molecule has 1 N–H and O–H groups in total. The molecule has 31 heavy (non-hydrogen) atoms.